The van der Waals surface area contributed by atoms with Crippen LogP contribution in [-0.2, 0) is 10.0 Å². The zero-order chi connectivity index (χ0) is 19.3. The molecule has 1 heterocycles. The maximum Gasteiger partial charge on any atom is 0.253 e. The average Bonchev–Trinajstić information content (AvgIpc) is 3.00. The van der Waals surface area contributed by atoms with E-state index in [1.165, 1.54) is 0 Å². The largest absolute Gasteiger partial charge is 0.341 e. The molecule has 0 saturated carbocycles. The third-order valence-electron chi connectivity index (χ3n) is 4.66. The van der Waals surface area contributed by atoms with Gasteiger partial charge < -0.3 is 9.80 Å². The first-order valence-corrected chi connectivity index (χ1v) is 10.9. The third kappa shape index (κ3) is 5.99. The number of benzene rings is 1. The van der Waals surface area contributed by atoms with Crippen molar-refractivity contribution in [3.05, 3.63) is 29.8 Å². The SMILES string of the molecule is CCS(=O)(=O)Nc1ccc(C(=O)N(C)CC2CCN(CC(C)C)C2)cc1. The van der Waals surface area contributed by atoms with Gasteiger partial charge in [0.15, 0.2) is 0 Å². The molecule has 1 fully saturated rings. The summed E-state index contributed by atoms with van der Waals surface area (Å²) in [4.78, 5) is 16.9. The van der Waals surface area contributed by atoms with E-state index in [0.29, 0.717) is 23.1 Å². The molecule has 1 atom stereocenters. The molecule has 1 amide bonds. The fraction of sp³-hybridized carbons (Fsp3) is 0.632. The van der Waals surface area contributed by atoms with Crippen LogP contribution in [-0.4, -0.2) is 63.1 Å². The third-order valence-corrected chi connectivity index (χ3v) is 5.96. The van der Waals surface area contributed by atoms with Crippen molar-refractivity contribution >= 4 is 21.6 Å². The quantitative estimate of drug-likeness (QED) is 0.751. The van der Waals surface area contributed by atoms with Gasteiger partial charge in [-0.25, -0.2) is 8.42 Å². The summed E-state index contributed by atoms with van der Waals surface area (Å²) in [5.74, 6) is 1.17. The van der Waals surface area contributed by atoms with E-state index in [4.69, 9.17) is 0 Å². The summed E-state index contributed by atoms with van der Waals surface area (Å²) in [5, 5.41) is 0. The van der Waals surface area contributed by atoms with Gasteiger partial charge in [0.1, 0.15) is 0 Å². The predicted octanol–water partition coefficient (Wildman–Crippen LogP) is 2.50. The summed E-state index contributed by atoms with van der Waals surface area (Å²) in [6.45, 7) is 10.1. The lowest BCUT2D eigenvalue weighted by atomic mass is 10.1. The van der Waals surface area contributed by atoms with Crippen molar-refractivity contribution in [3.63, 3.8) is 0 Å². The van der Waals surface area contributed by atoms with E-state index >= 15 is 0 Å². The standard InChI is InChI=1S/C19H31N3O3S/c1-5-26(24,25)20-18-8-6-17(7-9-18)19(23)21(4)13-16-10-11-22(14-16)12-15(2)3/h6-9,15-16,20H,5,10-14H2,1-4H3. The van der Waals surface area contributed by atoms with Crippen LogP contribution in [0.5, 0.6) is 0 Å². The maximum absolute atomic E-state index is 12.6. The molecule has 1 saturated heterocycles. The molecule has 0 aromatic heterocycles. The van der Waals surface area contributed by atoms with Gasteiger partial charge in [0.05, 0.1) is 5.75 Å². The van der Waals surface area contributed by atoms with Crippen molar-refractivity contribution in [2.75, 3.05) is 43.7 Å². The Morgan fingerprint density at radius 3 is 2.54 bits per heavy atom. The number of anilines is 1. The Balaban J connectivity index is 1.90. The minimum atomic E-state index is -3.30. The second-order valence-electron chi connectivity index (χ2n) is 7.58. The topological polar surface area (TPSA) is 69.7 Å². The van der Waals surface area contributed by atoms with Gasteiger partial charge in [-0.05, 0) is 56.0 Å². The van der Waals surface area contributed by atoms with E-state index < -0.39 is 10.0 Å². The maximum atomic E-state index is 12.6. The molecule has 0 aliphatic carbocycles. The molecule has 0 spiro atoms. The van der Waals surface area contributed by atoms with Crippen LogP contribution in [0.4, 0.5) is 5.69 Å². The van der Waals surface area contributed by atoms with Gasteiger partial charge in [0.2, 0.25) is 10.0 Å². The minimum absolute atomic E-state index is 0.0195. The number of carbonyl (C=O) groups excluding carboxylic acids is 1. The summed E-state index contributed by atoms with van der Waals surface area (Å²) < 4.78 is 25.7. The van der Waals surface area contributed by atoms with Gasteiger partial charge in [-0.1, -0.05) is 13.8 Å². The monoisotopic (exact) mass is 381 g/mol. The van der Waals surface area contributed by atoms with Gasteiger partial charge in [-0.15, -0.1) is 0 Å². The van der Waals surface area contributed by atoms with Crippen LogP contribution < -0.4 is 4.72 Å². The lowest BCUT2D eigenvalue weighted by Gasteiger charge is -2.22. The Bertz CT molecular complexity index is 701. The number of nitrogens with one attached hydrogen (secondary N) is 1. The van der Waals surface area contributed by atoms with Crippen molar-refractivity contribution in [2.45, 2.75) is 27.2 Å². The van der Waals surface area contributed by atoms with Crippen molar-refractivity contribution in [2.24, 2.45) is 11.8 Å². The van der Waals surface area contributed by atoms with Gasteiger partial charge in [-0.3, -0.25) is 9.52 Å². The first kappa shape index (κ1) is 20.7. The highest BCUT2D eigenvalue weighted by Crippen LogP contribution is 2.19. The highest BCUT2D eigenvalue weighted by Gasteiger charge is 2.25. The number of rotatable bonds is 8. The average molecular weight is 382 g/mol. The Morgan fingerprint density at radius 2 is 1.96 bits per heavy atom. The molecule has 0 bridgehead atoms. The molecule has 1 aromatic carbocycles. The number of amides is 1. The van der Waals surface area contributed by atoms with Crippen LogP contribution in [0.3, 0.4) is 0 Å². The Morgan fingerprint density at radius 1 is 1.31 bits per heavy atom. The van der Waals surface area contributed by atoms with Crippen LogP contribution in [0, 0.1) is 11.8 Å². The summed E-state index contributed by atoms with van der Waals surface area (Å²) in [7, 11) is -1.47. The van der Waals surface area contributed by atoms with Gasteiger partial charge in [0.25, 0.3) is 5.91 Å². The molecule has 146 valence electrons. The van der Waals surface area contributed by atoms with Crippen molar-refractivity contribution < 1.29 is 13.2 Å². The van der Waals surface area contributed by atoms with Crippen LogP contribution in [0.25, 0.3) is 0 Å². The molecule has 0 radical (unpaired) electrons. The number of sulfonamides is 1. The fourth-order valence-corrected chi connectivity index (χ4v) is 4.01. The fourth-order valence-electron chi connectivity index (χ4n) is 3.37. The zero-order valence-electron chi connectivity index (χ0n) is 16.2. The molecular weight excluding hydrogens is 350 g/mol. The summed E-state index contributed by atoms with van der Waals surface area (Å²) >= 11 is 0. The first-order valence-electron chi connectivity index (χ1n) is 9.28. The van der Waals surface area contributed by atoms with E-state index in [1.807, 2.05) is 7.05 Å². The Hall–Kier alpha value is -1.60. The van der Waals surface area contributed by atoms with Gasteiger partial charge in [0, 0.05) is 37.9 Å². The normalized spacial score (nSPS) is 18.3. The molecule has 1 aliphatic heterocycles. The number of nitrogens with zero attached hydrogens (tertiary/aromatic N) is 2. The van der Waals surface area contributed by atoms with Crippen molar-refractivity contribution in [3.8, 4) is 0 Å². The summed E-state index contributed by atoms with van der Waals surface area (Å²) in [6, 6.07) is 6.61. The highest BCUT2D eigenvalue weighted by molar-refractivity contribution is 7.92. The van der Waals surface area contributed by atoms with E-state index in [2.05, 4.69) is 23.5 Å². The zero-order valence-corrected chi connectivity index (χ0v) is 17.1. The van der Waals surface area contributed by atoms with Crippen molar-refractivity contribution in [1.29, 1.82) is 0 Å². The molecule has 1 aliphatic rings. The highest BCUT2D eigenvalue weighted by atomic mass is 32.2. The second kappa shape index (κ2) is 8.86. The number of hydrogen-bond donors (Lipinski definition) is 1. The van der Waals surface area contributed by atoms with Gasteiger partial charge >= 0.3 is 0 Å². The predicted molar refractivity (Wildman–Crippen MR) is 106 cm³/mol. The minimum Gasteiger partial charge on any atom is -0.341 e. The van der Waals surface area contributed by atoms with E-state index in [-0.39, 0.29) is 11.7 Å². The van der Waals surface area contributed by atoms with Crippen LogP contribution >= 0.6 is 0 Å². The van der Waals surface area contributed by atoms with Crippen LogP contribution in [0.2, 0.25) is 0 Å². The van der Waals surface area contributed by atoms with Crippen LogP contribution in [0.15, 0.2) is 24.3 Å². The summed E-state index contributed by atoms with van der Waals surface area (Å²) in [6.07, 6.45) is 1.13. The second-order valence-corrected chi connectivity index (χ2v) is 9.59. The number of likely N-dealkylation sites (tertiary alicyclic amines) is 1. The smallest absolute Gasteiger partial charge is 0.253 e. The Kier molecular flexibility index (Phi) is 7.06. The Labute approximate surface area is 157 Å². The first-order chi connectivity index (χ1) is 12.2. The lowest BCUT2D eigenvalue weighted by molar-refractivity contribution is 0.0773. The van der Waals surface area contributed by atoms with Crippen molar-refractivity contribution in [1.82, 2.24) is 9.80 Å². The molecule has 2 rings (SSSR count). The lowest BCUT2D eigenvalue weighted by Crippen LogP contribution is -2.33. The van der Waals surface area contributed by atoms with E-state index in [1.54, 1.807) is 36.1 Å². The molecule has 7 heteroatoms. The molecule has 1 N–H and O–H groups in total. The molecule has 1 unspecified atom stereocenters. The van der Waals surface area contributed by atoms with Gasteiger partial charge in [-0.2, -0.15) is 0 Å². The van der Waals surface area contributed by atoms with Crippen LogP contribution in [0.1, 0.15) is 37.6 Å². The number of carbonyl (C=O) groups is 1. The van der Waals surface area contributed by atoms with E-state index in [0.717, 1.165) is 32.6 Å². The molecule has 1 aromatic rings. The van der Waals surface area contributed by atoms with E-state index in [9.17, 15) is 13.2 Å². The molecule has 6 nitrogen and oxygen atoms in total. The molecular formula is C19H31N3O3S. The number of hydrogen-bond acceptors (Lipinski definition) is 4. The molecule has 26 heavy (non-hydrogen) atoms. The summed E-state index contributed by atoms with van der Waals surface area (Å²) in [5.41, 5.74) is 1.05.